The second kappa shape index (κ2) is 7.16. The Bertz CT molecular complexity index is 952. The summed E-state index contributed by atoms with van der Waals surface area (Å²) in [5.41, 5.74) is 2.10. The first-order valence-electron chi connectivity index (χ1n) is 7.66. The predicted octanol–water partition coefficient (Wildman–Crippen LogP) is 3.41. The lowest BCUT2D eigenvalue weighted by Gasteiger charge is -2.05. The second-order valence-corrected chi connectivity index (χ2v) is 7.39. The fourth-order valence-corrected chi connectivity index (χ4v) is 3.49. The number of aryl methyl sites for hydroxylation is 1. The standard InChI is InChI=1S/C18H17FN2O3S/c1-13-18(15-5-3-2-4-6-15)21-17(24-13)11-20-25(22,23)12-14-7-9-16(19)10-8-14/h2-10,20H,11-12H2,1H3. The molecule has 5 nitrogen and oxygen atoms in total. The van der Waals surface area contributed by atoms with Gasteiger partial charge >= 0.3 is 0 Å². The quantitative estimate of drug-likeness (QED) is 0.731. The van der Waals surface area contributed by atoms with Crippen molar-refractivity contribution in [1.29, 1.82) is 0 Å². The topological polar surface area (TPSA) is 72.2 Å². The van der Waals surface area contributed by atoms with Gasteiger partial charge in [-0.05, 0) is 24.6 Å². The Morgan fingerprint density at radius 1 is 1.08 bits per heavy atom. The Morgan fingerprint density at radius 2 is 1.76 bits per heavy atom. The van der Waals surface area contributed by atoms with E-state index in [0.29, 0.717) is 22.9 Å². The van der Waals surface area contributed by atoms with Gasteiger partial charge in [-0.2, -0.15) is 0 Å². The lowest BCUT2D eigenvalue weighted by atomic mass is 10.1. The van der Waals surface area contributed by atoms with Crippen molar-refractivity contribution in [3.8, 4) is 11.3 Å². The van der Waals surface area contributed by atoms with Gasteiger partial charge < -0.3 is 4.42 Å². The fraction of sp³-hybridized carbons (Fsp3) is 0.167. The highest BCUT2D eigenvalue weighted by atomic mass is 32.2. The van der Waals surface area contributed by atoms with Gasteiger partial charge in [0, 0.05) is 5.56 Å². The van der Waals surface area contributed by atoms with Crippen molar-refractivity contribution in [3.63, 3.8) is 0 Å². The van der Waals surface area contributed by atoms with Crippen LogP contribution in [-0.4, -0.2) is 13.4 Å². The molecule has 0 aliphatic carbocycles. The van der Waals surface area contributed by atoms with Crippen molar-refractivity contribution in [2.75, 3.05) is 0 Å². The molecule has 0 saturated heterocycles. The summed E-state index contributed by atoms with van der Waals surface area (Å²) in [4.78, 5) is 4.36. The Kier molecular flexibility index (Phi) is 4.96. The fourth-order valence-electron chi connectivity index (χ4n) is 2.41. The number of hydrogen-bond donors (Lipinski definition) is 1. The lowest BCUT2D eigenvalue weighted by molar-refractivity contribution is 0.463. The van der Waals surface area contributed by atoms with E-state index in [2.05, 4.69) is 9.71 Å². The number of nitrogens with one attached hydrogen (secondary N) is 1. The summed E-state index contributed by atoms with van der Waals surface area (Å²) in [6, 6.07) is 14.9. The van der Waals surface area contributed by atoms with Crippen molar-refractivity contribution in [3.05, 3.63) is 77.6 Å². The first-order valence-corrected chi connectivity index (χ1v) is 9.32. The zero-order valence-electron chi connectivity index (χ0n) is 13.6. The highest BCUT2D eigenvalue weighted by Gasteiger charge is 2.15. The zero-order chi connectivity index (χ0) is 17.9. The average molecular weight is 360 g/mol. The van der Waals surface area contributed by atoms with Gasteiger partial charge in [0.05, 0.1) is 12.3 Å². The molecule has 0 atom stereocenters. The van der Waals surface area contributed by atoms with Crippen LogP contribution in [0.4, 0.5) is 4.39 Å². The van der Waals surface area contributed by atoms with Crippen LogP contribution in [0, 0.1) is 12.7 Å². The molecule has 0 aliphatic rings. The molecule has 0 unspecified atom stereocenters. The summed E-state index contributed by atoms with van der Waals surface area (Å²) in [7, 11) is -3.59. The molecule has 1 heterocycles. The smallest absolute Gasteiger partial charge is 0.216 e. The minimum absolute atomic E-state index is 0.0444. The van der Waals surface area contributed by atoms with Gasteiger partial charge in [0.1, 0.15) is 17.3 Å². The third kappa shape index (κ3) is 4.52. The van der Waals surface area contributed by atoms with E-state index in [9.17, 15) is 12.8 Å². The van der Waals surface area contributed by atoms with Gasteiger partial charge in [-0.25, -0.2) is 22.5 Å². The minimum Gasteiger partial charge on any atom is -0.444 e. The largest absolute Gasteiger partial charge is 0.444 e. The van der Waals surface area contributed by atoms with E-state index in [1.165, 1.54) is 24.3 Å². The van der Waals surface area contributed by atoms with Gasteiger partial charge in [-0.1, -0.05) is 42.5 Å². The van der Waals surface area contributed by atoms with Gasteiger partial charge in [-0.3, -0.25) is 0 Å². The average Bonchev–Trinajstić information content (AvgIpc) is 2.97. The first-order chi connectivity index (χ1) is 11.9. The molecule has 25 heavy (non-hydrogen) atoms. The van der Waals surface area contributed by atoms with Crippen LogP contribution >= 0.6 is 0 Å². The zero-order valence-corrected chi connectivity index (χ0v) is 14.4. The van der Waals surface area contributed by atoms with E-state index in [1.54, 1.807) is 6.92 Å². The van der Waals surface area contributed by atoms with Crippen molar-refractivity contribution >= 4 is 10.0 Å². The number of nitrogens with zero attached hydrogens (tertiary/aromatic N) is 1. The van der Waals surface area contributed by atoms with Crippen LogP contribution in [0.1, 0.15) is 17.2 Å². The molecule has 1 N–H and O–H groups in total. The number of oxazole rings is 1. The number of hydrogen-bond acceptors (Lipinski definition) is 4. The van der Waals surface area contributed by atoms with E-state index in [0.717, 1.165) is 5.56 Å². The number of aromatic nitrogens is 1. The lowest BCUT2D eigenvalue weighted by Crippen LogP contribution is -2.24. The van der Waals surface area contributed by atoms with Crippen molar-refractivity contribution < 1.29 is 17.2 Å². The molecule has 0 radical (unpaired) electrons. The molecule has 1 aromatic heterocycles. The predicted molar refractivity (Wildman–Crippen MR) is 92.5 cm³/mol. The molecule has 2 aromatic carbocycles. The molecule has 3 rings (SSSR count). The molecule has 130 valence electrons. The third-order valence-electron chi connectivity index (χ3n) is 3.60. The molecule has 0 amide bonds. The second-order valence-electron chi connectivity index (χ2n) is 5.59. The molecule has 7 heteroatoms. The monoisotopic (exact) mass is 360 g/mol. The van der Waals surface area contributed by atoms with Gasteiger partial charge in [0.25, 0.3) is 0 Å². The highest BCUT2D eigenvalue weighted by molar-refractivity contribution is 7.88. The normalized spacial score (nSPS) is 11.6. The van der Waals surface area contributed by atoms with Crippen LogP contribution in [-0.2, 0) is 22.3 Å². The maximum absolute atomic E-state index is 12.9. The molecule has 0 aliphatic heterocycles. The summed E-state index contributed by atoms with van der Waals surface area (Å²) in [6.45, 7) is 1.74. The molecule has 0 spiro atoms. The van der Waals surface area contributed by atoms with Gasteiger partial charge in [0.15, 0.2) is 0 Å². The van der Waals surface area contributed by atoms with Crippen LogP contribution in [0.25, 0.3) is 11.3 Å². The van der Waals surface area contributed by atoms with E-state index in [4.69, 9.17) is 4.42 Å². The molecule has 0 saturated carbocycles. The van der Waals surface area contributed by atoms with E-state index >= 15 is 0 Å². The van der Waals surface area contributed by atoms with Crippen molar-refractivity contribution in [1.82, 2.24) is 9.71 Å². The highest BCUT2D eigenvalue weighted by Crippen LogP contribution is 2.23. The van der Waals surface area contributed by atoms with E-state index in [-0.39, 0.29) is 12.3 Å². The summed E-state index contributed by atoms with van der Waals surface area (Å²) in [5, 5.41) is 0. The van der Waals surface area contributed by atoms with Crippen LogP contribution in [0.2, 0.25) is 0 Å². The number of benzene rings is 2. The van der Waals surface area contributed by atoms with Crippen molar-refractivity contribution in [2.45, 2.75) is 19.2 Å². The number of halogens is 1. The van der Waals surface area contributed by atoms with Crippen LogP contribution in [0.15, 0.2) is 59.0 Å². The van der Waals surface area contributed by atoms with Crippen LogP contribution in [0.3, 0.4) is 0 Å². The van der Waals surface area contributed by atoms with Crippen LogP contribution in [0.5, 0.6) is 0 Å². The maximum atomic E-state index is 12.9. The number of rotatable bonds is 6. The molecular weight excluding hydrogens is 343 g/mol. The first kappa shape index (κ1) is 17.3. The molecular formula is C18H17FN2O3S. The molecule has 3 aromatic rings. The summed E-state index contributed by atoms with van der Waals surface area (Å²) >= 11 is 0. The van der Waals surface area contributed by atoms with Crippen LogP contribution < -0.4 is 4.72 Å². The Labute approximate surface area is 145 Å². The summed E-state index contributed by atoms with van der Waals surface area (Å²) < 4.78 is 45.2. The Balaban J connectivity index is 1.68. The summed E-state index contributed by atoms with van der Waals surface area (Å²) in [5.74, 6) is 0.272. The Hall–Kier alpha value is -2.51. The molecule has 0 bridgehead atoms. The number of sulfonamides is 1. The summed E-state index contributed by atoms with van der Waals surface area (Å²) in [6.07, 6.45) is 0. The van der Waals surface area contributed by atoms with E-state index in [1.807, 2.05) is 30.3 Å². The Morgan fingerprint density at radius 3 is 2.44 bits per heavy atom. The SMILES string of the molecule is Cc1oc(CNS(=O)(=O)Cc2ccc(F)cc2)nc1-c1ccccc1. The van der Waals surface area contributed by atoms with Gasteiger partial charge in [0.2, 0.25) is 15.9 Å². The molecule has 0 fully saturated rings. The van der Waals surface area contributed by atoms with E-state index < -0.39 is 15.8 Å². The minimum atomic E-state index is -3.59. The van der Waals surface area contributed by atoms with Crippen molar-refractivity contribution in [2.24, 2.45) is 0 Å². The van der Waals surface area contributed by atoms with Gasteiger partial charge in [-0.15, -0.1) is 0 Å². The maximum Gasteiger partial charge on any atom is 0.216 e. The third-order valence-corrected chi connectivity index (χ3v) is 4.90.